The molecule has 0 aliphatic carbocycles. The Kier molecular flexibility index (Phi) is 6.83. The molecule has 0 radical (unpaired) electrons. The van der Waals surface area contributed by atoms with Gasteiger partial charge in [-0.2, -0.15) is 0 Å². The molecular weight excluding hydrogens is 440 g/mol. The van der Waals surface area contributed by atoms with Crippen LogP contribution in [0.3, 0.4) is 0 Å². The average Bonchev–Trinajstić information content (AvgIpc) is 3.19. The number of hydrogen-bond donors (Lipinski definition) is 1. The van der Waals surface area contributed by atoms with Crippen molar-refractivity contribution in [1.29, 1.82) is 0 Å². The minimum absolute atomic E-state index is 0.0681. The molecule has 1 amide bonds. The molecule has 10 heteroatoms. The summed E-state index contributed by atoms with van der Waals surface area (Å²) in [7, 11) is 0. The Morgan fingerprint density at radius 1 is 1.06 bits per heavy atom. The van der Waals surface area contributed by atoms with E-state index in [0.717, 1.165) is 13.1 Å². The number of carbonyl (C=O) groups is 2. The molecule has 0 unspecified atom stereocenters. The van der Waals surface area contributed by atoms with E-state index in [4.69, 9.17) is 4.74 Å². The van der Waals surface area contributed by atoms with Gasteiger partial charge in [-0.25, -0.2) is 19.7 Å². The summed E-state index contributed by atoms with van der Waals surface area (Å²) in [5.74, 6) is -0.144. The quantitative estimate of drug-likeness (QED) is 0.552. The largest absolute Gasteiger partial charge is 0.462 e. The predicted octanol–water partition coefficient (Wildman–Crippen LogP) is 3.43. The number of esters is 1. The lowest BCUT2D eigenvalue weighted by Gasteiger charge is -2.36. The van der Waals surface area contributed by atoms with Crippen LogP contribution < -0.4 is 10.2 Å². The van der Waals surface area contributed by atoms with Crippen molar-refractivity contribution in [3.8, 4) is 0 Å². The Balaban J connectivity index is 1.40. The molecule has 1 aliphatic heterocycles. The first-order valence-electron chi connectivity index (χ1n) is 10.8. The zero-order valence-corrected chi connectivity index (χ0v) is 19.7. The number of rotatable bonds is 6. The average molecular weight is 467 g/mol. The molecule has 9 nitrogen and oxygen atoms in total. The van der Waals surface area contributed by atoms with Crippen molar-refractivity contribution in [2.24, 2.45) is 0 Å². The molecule has 1 saturated heterocycles. The van der Waals surface area contributed by atoms with Crippen LogP contribution in [0.5, 0.6) is 0 Å². The lowest BCUT2D eigenvalue weighted by atomic mass is 10.2. The van der Waals surface area contributed by atoms with E-state index in [2.05, 4.69) is 37.3 Å². The number of thiazole rings is 1. The number of amides is 1. The summed E-state index contributed by atoms with van der Waals surface area (Å²) in [6, 6.07) is 10.2. The predicted molar refractivity (Wildman–Crippen MR) is 127 cm³/mol. The summed E-state index contributed by atoms with van der Waals surface area (Å²) in [5, 5.41) is 3.51. The van der Waals surface area contributed by atoms with Gasteiger partial charge in [0.25, 0.3) is 5.91 Å². The Bertz CT molecular complexity index is 1140. The van der Waals surface area contributed by atoms with Crippen LogP contribution in [0.2, 0.25) is 0 Å². The van der Waals surface area contributed by atoms with E-state index in [1.165, 1.54) is 17.0 Å². The van der Waals surface area contributed by atoms with Crippen LogP contribution >= 0.6 is 11.3 Å². The van der Waals surface area contributed by atoms with E-state index in [0.29, 0.717) is 52.6 Å². The van der Waals surface area contributed by atoms with Crippen molar-refractivity contribution in [2.45, 2.75) is 20.8 Å². The third-order valence-electron chi connectivity index (χ3n) is 5.37. The molecule has 172 valence electrons. The van der Waals surface area contributed by atoms with Gasteiger partial charge in [0.15, 0.2) is 5.13 Å². The number of ether oxygens (including phenoxy) is 1. The maximum Gasteiger partial charge on any atom is 0.350 e. The number of piperazine rings is 1. The molecule has 1 fully saturated rings. The molecule has 4 rings (SSSR count). The van der Waals surface area contributed by atoms with Gasteiger partial charge in [0.05, 0.1) is 23.6 Å². The van der Waals surface area contributed by atoms with E-state index in [9.17, 15) is 9.59 Å². The first-order valence-corrected chi connectivity index (χ1v) is 11.6. The van der Waals surface area contributed by atoms with Gasteiger partial charge < -0.3 is 19.9 Å². The third kappa shape index (κ3) is 5.11. The number of nitrogens with zero attached hydrogens (tertiary/aromatic N) is 5. The lowest BCUT2D eigenvalue weighted by Crippen LogP contribution is -2.49. The van der Waals surface area contributed by atoms with Gasteiger partial charge in [0.1, 0.15) is 4.88 Å². The van der Waals surface area contributed by atoms with Crippen LogP contribution in [0.1, 0.15) is 38.3 Å². The van der Waals surface area contributed by atoms with Crippen LogP contribution in [-0.2, 0) is 4.74 Å². The van der Waals surface area contributed by atoms with Gasteiger partial charge in [0, 0.05) is 38.1 Å². The highest BCUT2D eigenvalue weighted by molar-refractivity contribution is 7.17. The van der Waals surface area contributed by atoms with Crippen LogP contribution in [0.15, 0.2) is 36.5 Å². The molecule has 2 aromatic heterocycles. The van der Waals surface area contributed by atoms with E-state index >= 15 is 0 Å². The first kappa shape index (κ1) is 22.7. The van der Waals surface area contributed by atoms with E-state index in [1.807, 2.05) is 23.1 Å². The van der Waals surface area contributed by atoms with Gasteiger partial charge in [-0.05, 0) is 32.9 Å². The Morgan fingerprint density at radius 2 is 1.79 bits per heavy atom. The smallest absolute Gasteiger partial charge is 0.350 e. The lowest BCUT2D eigenvalue weighted by molar-refractivity contribution is 0.0530. The maximum atomic E-state index is 13.1. The van der Waals surface area contributed by atoms with Crippen LogP contribution in [-0.4, -0.2) is 64.5 Å². The Hall–Kier alpha value is -3.53. The number of benzene rings is 1. The van der Waals surface area contributed by atoms with Crippen molar-refractivity contribution in [2.75, 3.05) is 43.0 Å². The zero-order chi connectivity index (χ0) is 23.4. The highest BCUT2D eigenvalue weighted by Gasteiger charge is 2.24. The molecule has 3 heterocycles. The standard InChI is InChI=1S/C23H26N6O3S/c1-4-32-21(31)19-16(3)26-23(33-19)27-22-24-14-18(15(2)25-22)20(30)29-12-10-28(11-13-29)17-8-6-5-7-9-17/h5-9,14H,4,10-13H2,1-3H3,(H,24,25,26,27). The first-order chi connectivity index (χ1) is 16.0. The molecule has 1 N–H and O–H groups in total. The molecule has 3 aromatic rings. The van der Waals surface area contributed by atoms with Crippen molar-refractivity contribution in [1.82, 2.24) is 19.9 Å². The molecule has 1 aromatic carbocycles. The minimum Gasteiger partial charge on any atom is -0.462 e. The second-order valence-corrected chi connectivity index (χ2v) is 8.59. The van der Waals surface area contributed by atoms with Crippen LogP contribution in [0.4, 0.5) is 16.8 Å². The van der Waals surface area contributed by atoms with Gasteiger partial charge in [0.2, 0.25) is 5.95 Å². The van der Waals surface area contributed by atoms with Crippen LogP contribution in [0, 0.1) is 13.8 Å². The molecule has 0 bridgehead atoms. The number of carbonyl (C=O) groups excluding carboxylic acids is 2. The third-order valence-corrected chi connectivity index (χ3v) is 6.43. The minimum atomic E-state index is -0.397. The number of aromatic nitrogens is 3. The van der Waals surface area contributed by atoms with Crippen molar-refractivity contribution in [3.63, 3.8) is 0 Å². The van der Waals surface area contributed by atoms with Crippen molar-refractivity contribution >= 4 is 40.0 Å². The number of nitrogens with one attached hydrogen (secondary N) is 1. The summed E-state index contributed by atoms with van der Waals surface area (Å²) in [5.41, 5.74) is 2.82. The van der Waals surface area contributed by atoms with Gasteiger partial charge >= 0.3 is 5.97 Å². The van der Waals surface area contributed by atoms with Gasteiger partial charge in [-0.15, -0.1) is 0 Å². The Morgan fingerprint density at radius 3 is 2.45 bits per heavy atom. The van der Waals surface area contributed by atoms with Crippen molar-refractivity contribution in [3.05, 3.63) is 58.4 Å². The molecule has 0 spiro atoms. The summed E-state index contributed by atoms with van der Waals surface area (Å²) < 4.78 is 5.05. The van der Waals surface area contributed by atoms with Crippen LogP contribution in [0.25, 0.3) is 0 Å². The second kappa shape index (κ2) is 9.95. The fraction of sp³-hybridized carbons (Fsp3) is 0.348. The zero-order valence-electron chi connectivity index (χ0n) is 18.9. The Labute approximate surface area is 196 Å². The second-order valence-electron chi connectivity index (χ2n) is 7.59. The van der Waals surface area contributed by atoms with Gasteiger partial charge in [-0.1, -0.05) is 29.5 Å². The molecule has 1 aliphatic rings. The highest BCUT2D eigenvalue weighted by atomic mass is 32.1. The fourth-order valence-corrected chi connectivity index (χ4v) is 4.50. The molecule has 0 saturated carbocycles. The van der Waals surface area contributed by atoms with Gasteiger partial charge in [-0.3, -0.25) is 4.79 Å². The topological polar surface area (TPSA) is 101 Å². The monoisotopic (exact) mass is 466 g/mol. The van der Waals surface area contributed by atoms with E-state index in [-0.39, 0.29) is 5.91 Å². The summed E-state index contributed by atoms with van der Waals surface area (Å²) in [4.78, 5) is 42.7. The molecule has 0 atom stereocenters. The van der Waals surface area contributed by atoms with E-state index < -0.39 is 5.97 Å². The molecule has 33 heavy (non-hydrogen) atoms. The summed E-state index contributed by atoms with van der Waals surface area (Å²) in [6.45, 7) is 8.44. The van der Waals surface area contributed by atoms with Crippen molar-refractivity contribution < 1.29 is 14.3 Å². The number of hydrogen-bond acceptors (Lipinski definition) is 9. The fourth-order valence-electron chi connectivity index (χ4n) is 3.65. The summed E-state index contributed by atoms with van der Waals surface area (Å²) in [6.07, 6.45) is 1.54. The summed E-state index contributed by atoms with van der Waals surface area (Å²) >= 11 is 1.18. The number of para-hydroxylation sites is 1. The number of anilines is 3. The molecular formula is C23H26N6O3S. The highest BCUT2D eigenvalue weighted by Crippen LogP contribution is 2.26. The normalized spacial score (nSPS) is 13.7. The van der Waals surface area contributed by atoms with E-state index in [1.54, 1.807) is 27.0 Å². The maximum absolute atomic E-state index is 13.1. The SMILES string of the molecule is CCOC(=O)c1sc(Nc2ncc(C(=O)N3CCN(c4ccccc4)CC3)c(C)n2)nc1C. The number of aryl methyl sites for hydroxylation is 2.